The van der Waals surface area contributed by atoms with Crippen LogP contribution in [0.3, 0.4) is 0 Å². The van der Waals surface area contributed by atoms with Crippen LogP contribution in [0, 0.1) is 0 Å². The predicted octanol–water partition coefficient (Wildman–Crippen LogP) is 1.89. The first kappa shape index (κ1) is 12.7. The molecule has 0 aromatic rings. The molecule has 0 aliphatic rings. The Kier molecular flexibility index (Phi) is 5.25. The fourth-order valence-corrected chi connectivity index (χ4v) is 1.11. The highest BCUT2D eigenvalue weighted by atomic mass is 32.2. The molecule has 0 aliphatic carbocycles. The number of hydrogen-bond acceptors (Lipinski definition) is 3. The maximum absolute atomic E-state index is 11.3. The highest BCUT2D eigenvalue weighted by Gasteiger charge is 2.25. The number of carbonyl (C=O) groups excluding carboxylic acids is 1. The van der Waals surface area contributed by atoms with Gasteiger partial charge in [-0.15, -0.1) is 0 Å². The smallest absolute Gasteiger partial charge is 0.178 e. The molecule has 0 aromatic carbocycles. The van der Waals surface area contributed by atoms with E-state index >= 15 is 0 Å². The van der Waals surface area contributed by atoms with Gasteiger partial charge in [-0.1, -0.05) is 11.3 Å². The summed E-state index contributed by atoms with van der Waals surface area (Å²) in [5.74, 6) is -0.0555. The van der Waals surface area contributed by atoms with E-state index < -0.39 is 11.4 Å². The van der Waals surface area contributed by atoms with Crippen LogP contribution in [0.15, 0.2) is 4.40 Å². The predicted molar refractivity (Wildman–Crippen MR) is 56.3 cm³/mol. The molecule has 0 bridgehead atoms. The summed E-state index contributed by atoms with van der Waals surface area (Å²) in [5.41, 5.74) is 0. The van der Waals surface area contributed by atoms with E-state index in [1.807, 2.05) is 27.7 Å². The van der Waals surface area contributed by atoms with Crippen molar-refractivity contribution in [2.24, 2.45) is 4.40 Å². The third kappa shape index (κ3) is 5.82. The zero-order valence-electron chi connectivity index (χ0n) is 8.66. The Morgan fingerprint density at radius 1 is 1.54 bits per heavy atom. The first-order valence-corrected chi connectivity index (χ1v) is 5.47. The Balaban J connectivity index is 4.05. The molecule has 0 amide bonds. The van der Waals surface area contributed by atoms with Gasteiger partial charge < -0.3 is 4.55 Å². The molecule has 0 unspecified atom stereocenters. The second-order valence-corrected chi connectivity index (χ2v) is 5.75. The lowest BCUT2D eigenvalue weighted by Gasteiger charge is -2.17. The van der Waals surface area contributed by atoms with Crippen LogP contribution >= 0.6 is 0 Å². The van der Waals surface area contributed by atoms with Crippen LogP contribution in [-0.2, 0) is 16.2 Å². The Labute approximate surface area is 82.9 Å². The van der Waals surface area contributed by atoms with Crippen molar-refractivity contribution >= 4 is 23.4 Å². The quantitative estimate of drug-likeness (QED) is 0.517. The van der Waals surface area contributed by atoms with E-state index in [9.17, 15) is 9.35 Å². The Bertz CT molecular complexity index is 196. The minimum Gasteiger partial charge on any atom is -0.591 e. The lowest BCUT2D eigenvalue weighted by atomic mass is 10.2. The average Bonchev–Trinajstić information content (AvgIpc) is 1.99. The standard InChI is InChI=1S/C9H17NO2S/c1-5-6-8(11)7-10-13(12)9(2,3)4/h7H,5-6H2,1-4H3/b10-7+/t13-/m0/s1. The van der Waals surface area contributed by atoms with Gasteiger partial charge in [0.2, 0.25) is 0 Å². The third-order valence-electron chi connectivity index (χ3n) is 1.31. The summed E-state index contributed by atoms with van der Waals surface area (Å²) in [6, 6.07) is 0. The molecular formula is C9H17NO2S. The second kappa shape index (κ2) is 5.40. The fraction of sp³-hybridized carbons (Fsp3) is 0.778. The summed E-state index contributed by atoms with van der Waals surface area (Å²) >= 11 is -1.31. The van der Waals surface area contributed by atoms with Crippen LogP contribution in [-0.4, -0.2) is 21.3 Å². The molecule has 13 heavy (non-hydrogen) atoms. The highest BCUT2D eigenvalue weighted by Crippen LogP contribution is 2.16. The first-order chi connectivity index (χ1) is 5.88. The molecule has 0 aliphatic heterocycles. The molecule has 3 nitrogen and oxygen atoms in total. The summed E-state index contributed by atoms with van der Waals surface area (Å²) in [7, 11) is 0. The van der Waals surface area contributed by atoms with E-state index in [0.29, 0.717) is 6.42 Å². The van der Waals surface area contributed by atoms with Gasteiger partial charge in [0.25, 0.3) is 0 Å². The lowest BCUT2D eigenvalue weighted by Crippen LogP contribution is -2.26. The van der Waals surface area contributed by atoms with Crippen molar-refractivity contribution in [3.05, 3.63) is 0 Å². The SMILES string of the molecule is CCCC(=O)/C=N/[S@@+]([O-])C(C)(C)C. The van der Waals surface area contributed by atoms with Crippen molar-refractivity contribution in [3.63, 3.8) is 0 Å². The van der Waals surface area contributed by atoms with Crippen molar-refractivity contribution in [1.29, 1.82) is 0 Å². The monoisotopic (exact) mass is 203 g/mol. The molecular weight excluding hydrogens is 186 g/mol. The topological polar surface area (TPSA) is 52.5 Å². The van der Waals surface area contributed by atoms with Gasteiger partial charge in [-0.3, -0.25) is 4.79 Å². The Morgan fingerprint density at radius 2 is 2.08 bits per heavy atom. The Hall–Kier alpha value is -0.350. The zero-order chi connectivity index (χ0) is 10.5. The average molecular weight is 203 g/mol. The summed E-state index contributed by atoms with van der Waals surface area (Å²) < 4.78 is 14.7. The molecule has 76 valence electrons. The van der Waals surface area contributed by atoms with Crippen molar-refractivity contribution in [2.75, 3.05) is 0 Å². The minimum atomic E-state index is -1.31. The summed E-state index contributed by atoms with van der Waals surface area (Å²) in [6.45, 7) is 7.40. The number of ketones is 1. The van der Waals surface area contributed by atoms with Crippen LogP contribution in [0.25, 0.3) is 0 Å². The molecule has 0 saturated heterocycles. The normalized spacial score (nSPS) is 14.8. The van der Waals surface area contributed by atoms with E-state index in [4.69, 9.17) is 0 Å². The van der Waals surface area contributed by atoms with Crippen LogP contribution in [0.4, 0.5) is 0 Å². The van der Waals surface area contributed by atoms with E-state index in [1.54, 1.807) is 0 Å². The number of carbonyl (C=O) groups is 1. The molecule has 0 rings (SSSR count). The van der Waals surface area contributed by atoms with E-state index in [2.05, 4.69) is 4.40 Å². The van der Waals surface area contributed by atoms with Crippen LogP contribution in [0.5, 0.6) is 0 Å². The van der Waals surface area contributed by atoms with E-state index in [0.717, 1.165) is 6.42 Å². The number of Topliss-reactive ketones (excluding diaryl/α,β-unsaturated/α-hetero) is 1. The molecule has 0 radical (unpaired) electrons. The van der Waals surface area contributed by atoms with Gasteiger partial charge in [-0.05, 0) is 27.2 Å². The molecule has 0 heterocycles. The lowest BCUT2D eigenvalue weighted by molar-refractivity contribution is -0.112. The minimum absolute atomic E-state index is 0.0555. The van der Waals surface area contributed by atoms with Gasteiger partial charge >= 0.3 is 0 Å². The first-order valence-electron chi connectivity index (χ1n) is 4.37. The molecule has 0 aromatic heterocycles. The summed E-state index contributed by atoms with van der Waals surface area (Å²) in [4.78, 5) is 11.0. The van der Waals surface area contributed by atoms with Crippen molar-refractivity contribution in [1.82, 2.24) is 0 Å². The summed E-state index contributed by atoms with van der Waals surface area (Å²) in [5, 5.41) is 0. The molecule has 1 atom stereocenters. The van der Waals surface area contributed by atoms with Gasteiger partial charge in [-0.2, -0.15) is 0 Å². The maximum Gasteiger partial charge on any atom is 0.178 e. The summed E-state index contributed by atoms with van der Waals surface area (Å²) in [6.07, 6.45) is 2.46. The van der Waals surface area contributed by atoms with Crippen LogP contribution in [0.1, 0.15) is 40.5 Å². The van der Waals surface area contributed by atoms with Gasteiger partial charge in [0, 0.05) is 6.42 Å². The number of rotatable bonds is 4. The highest BCUT2D eigenvalue weighted by molar-refractivity contribution is 7.91. The molecule has 0 fully saturated rings. The molecule has 0 saturated carbocycles. The molecule has 0 N–H and O–H groups in total. The van der Waals surface area contributed by atoms with E-state index in [1.165, 1.54) is 6.21 Å². The van der Waals surface area contributed by atoms with Crippen LogP contribution < -0.4 is 0 Å². The molecule has 0 spiro atoms. The maximum atomic E-state index is 11.3. The zero-order valence-corrected chi connectivity index (χ0v) is 9.48. The molecule has 4 heteroatoms. The van der Waals surface area contributed by atoms with Gasteiger partial charge in [0.05, 0.1) is 0 Å². The van der Waals surface area contributed by atoms with Crippen molar-refractivity contribution in [2.45, 2.75) is 45.3 Å². The van der Waals surface area contributed by atoms with Crippen molar-refractivity contribution in [3.8, 4) is 0 Å². The van der Waals surface area contributed by atoms with Crippen molar-refractivity contribution < 1.29 is 9.35 Å². The largest absolute Gasteiger partial charge is 0.591 e. The second-order valence-electron chi connectivity index (χ2n) is 3.81. The third-order valence-corrected chi connectivity index (χ3v) is 2.66. The fourth-order valence-electron chi connectivity index (χ4n) is 0.576. The van der Waals surface area contributed by atoms with E-state index in [-0.39, 0.29) is 10.5 Å². The Morgan fingerprint density at radius 3 is 2.46 bits per heavy atom. The number of hydrogen-bond donors (Lipinski definition) is 0. The van der Waals surface area contributed by atoms with Gasteiger partial charge in [-0.25, -0.2) is 0 Å². The number of nitrogens with zero attached hydrogens (tertiary/aromatic N) is 1. The van der Waals surface area contributed by atoms with Gasteiger partial charge in [0.15, 0.2) is 5.78 Å². The van der Waals surface area contributed by atoms with Gasteiger partial charge in [0.1, 0.15) is 22.3 Å². The van der Waals surface area contributed by atoms with Crippen LogP contribution in [0.2, 0.25) is 0 Å².